The molecule has 0 aromatic rings. The average Bonchev–Trinajstić information content (AvgIpc) is 3.32. The molecule has 3 aliphatic heterocycles. The van der Waals surface area contributed by atoms with Crippen molar-refractivity contribution in [2.75, 3.05) is 40.0 Å². The van der Waals surface area contributed by atoms with Gasteiger partial charge in [0.1, 0.15) is 30.1 Å². The molecule has 0 spiro atoms. The Labute approximate surface area is 416 Å². The molecule has 2 bridgehead atoms. The maximum absolute atomic E-state index is 14.5. The molecule has 3 fully saturated rings. The maximum Gasteiger partial charge on any atom is 0.329 e. The van der Waals surface area contributed by atoms with Crippen LogP contribution in [0.3, 0.4) is 0 Å². The quantitative estimate of drug-likeness (QED) is 0.0975. The molecule has 4 rings (SSSR count). The van der Waals surface area contributed by atoms with E-state index in [1.807, 2.05) is 58.1 Å². The first-order valence-corrected chi connectivity index (χ1v) is 28.4. The topological polar surface area (TPSA) is 192 Å². The third-order valence-corrected chi connectivity index (χ3v) is 18.2. The molecule has 14 nitrogen and oxygen atoms in total. The zero-order chi connectivity index (χ0) is 51.2. The van der Waals surface area contributed by atoms with Gasteiger partial charge in [0.2, 0.25) is 5.79 Å². The summed E-state index contributed by atoms with van der Waals surface area (Å²) in [6.07, 6.45) is 12.8. The van der Waals surface area contributed by atoms with Crippen molar-refractivity contribution < 1.29 is 62.4 Å². The molecule has 2 N–H and O–H groups in total. The number of esters is 1. The lowest BCUT2D eigenvalue weighted by molar-refractivity contribution is -0.265. The summed E-state index contributed by atoms with van der Waals surface area (Å²) in [4.78, 5) is 72.3. The molecule has 1 aliphatic carbocycles. The summed E-state index contributed by atoms with van der Waals surface area (Å²) in [6, 6.07) is -1.14. The Balaban J connectivity index is 1.70. The number of Topliss-reactive ketones (excluding diaryl/α,β-unsaturated/α-hetero) is 3. The second-order valence-corrected chi connectivity index (χ2v) is 24.1. The maximum atomic E-state index is 14.5. The second-order valence-electron chi connectivity index (χ2n) is 20.6. The zero-order valence-corrected chi connectivity index (χ0v) is 45.0. The summed E-state index contributed by atoms with van der Waals surface area (Å²) >= 11 is 1.69. The largest absolute Gasteiger partial charge is 0.460 e. The minimum absolute atomic E-state index is 0.0183. The van der Waals surface area contributed by atoms with Gasteiger partial charge in [0.25, 0.3) is 11.7 Å². The third-order valence-electron chi connectivity index (χ3n) is 15.0. The summed E-state index contributed by atoms with van der Waals surface area (Å²) in [6.45, 7) is 14.6. The molecule has 1 amide bonds. The molecule has 390 valence electrons. The fourth-order valence-electron chi connectivity index (χ4n) is 10.5. The van der Waals surface area contributed by atoms with Gasteiger partial charge in [-0.25, -0.2) is 4.79 Å². The minimum Gasteiger partial charge on any atom is -0.460 e. The summed E-state index contributed by atoms with van der Waals surface area (Å²) in [5.74, 6) is -7.82. The number of cyclic esters (lactones) is 1. The standard InChI is InChI=1S/C53H84NO13PS/c1-32-17-13-12-14-18-33(2)43(63-8)29-40-22-20-38(7)53(61,67-40)50(58)51(59)54-24-16-15-19-41(54)52(60)66-44(35(4)27-39-21-23-46(45(28-39)64-9)69-31-68(11)62)30-42(55)34(3)26-37(6)48(57)49(65-10)47(56)36(5)25-32/h12-14,17-18,26,32,34-36,38-41,43-46,48-49,57,61,68H,15-16,19-25,27-31H2,1-11H3/b14-12+,17-13+,33-18+,37-26+/t32-,34-,35-,36-,38-,39+,40+,41?,43+,44+,45-,46?,48-,49+,53-/m1/s1. The number of rotatable bonds is 9. The lowest BCUT2D eigenvalue weighted by Gasteiger charge is -2.42. The molecule has 3 unspecified atom stereocenters. The highest BCUT2D eigenvalue weighted by molar-refractivity contribution is 8.04. The summed E-state index contributed by atoms with van der Waals surface area (Å²) in [5, 5.41) is 23.7. The van der Waals surface area contributed by atoms with Crippen molar-refractivity contribution in [3.05, 3.63) is 47.6 Å². The normalized spacial score (nSPS) is 39.2. The number of allylic oxidation sites excluding steroid dienone is 6. The minimum atomic E-state index is -2.43. The fraction of sp³-hybridized carbons (Fsp3) is 0.755. The van der Waals surface area contributed by atoms with Gasteiger partial charge in [-0.2, -0.15) is 0 Å². The van der Waals surface area contributed by atoms with Gasteiger partial charge in [-0.15, -0.1) is 11.8 Å². The molecule has 4 aliphatic rings. The number of thioether (sulfide) groups is 1. The van der Waals surface area contributed by atoms with E-state index in [1.54, 1.807) is 59.5 Å². The number of carbonyl (C=O) groups is 5. The lowest BCUT2D eigenvalue weighted by atomic mass is 9.79. The first-order valence-electron chi connectivity index (χ1n) is 25.2. The number of aliphatic hydroxyl groups is 2. The second kappa shape index (κ2) is 27.9. The average molecular weight is 1010 g/mol. The number of ketones is 3. The number of carbonyl (C=O) groups excluding carboxylic acids is 5. The number of amides is 1. The Bertz CT molecular complexity index is 1900. The number of ether oxygens (including phenoxy) is 5. The van der Waals surface area contributed by atoms with Gasteiger partial charge in [0.15, 0.2) is 5.78 Å². The van der Waals surface area contributed by atoms with E-state index in [1.165, 1.54) is 12.0 Å². The summed E-state index contributed by atoms with van der Waals surface area (Å²) in [7, 11) is 3.01. The molecule has 69 heavy (non-hydrogen) atoms. The van der Waals surface area contributed by atoms with Crippen molar-refractivity contribution in [2.45, 2.75) is 179 Å². The van der Waals surface area contributed by atoms with Crippen molar-refractivity contribution in [2.24, 2.45) is 35.5 Å². The molecule has 0 aromatic heterocycles. The first-order chi connectivity index (χ1) is 32.6. The van der Waals surface area contributed by atoms with Crippen molar-refractivity contribution >= 4 is 48.8 Å². The van der Waals surface area contributed by atoms with E-state index >= 15 is 0 Å². The van der Waals surface area contributed by atoms with Crippen molar-refractivity contribution in [1.82, 2.24) is 4.90 Å². The Kier molecular flexibility index (Phi) is 23.8. The van der Waals surface area contributed by atoms with E-state index in [4.69, 9.17) is 23.7 Å². The molecular formula is C53H84NO13PS. The molecule has 16 atom stereocenters. The zero-order valence-electron chi connectivity index (χ0n) is 43.2. The van der Waals surface area contributed by atoms with E-state index < -0.39 is 85.6 Å². The molecule has 0 radical (unpaired) electrons. The van der Waals surface area contributed by atoms with Gasteiger partial charge in [-0.1, -0.05) is 71.1 Å². The highest BCUT2D eigenvalue weighted by atomic mass is 32.2. The molecule has 1 saturated carbocycles. The Hall–Kier alpha value is -2.75. The Morgan fingerprint density at radius 3 is 2.29 bits per heavy atom. The van der Waals surface area contributed by atoms with Crippen LogP contribution in [-0.4, -0.2) is 138 Å². The smallest absolute Gasteiger partial charge is 0.329 e. The van der Waals surface area contributed by atoms with Crippen LogP contribution in [0.25, 0.3) is 0 Å². The van der Waals surface area contributed by atoms with Crippen LogP contribution < -0.4 is 0 Å². The van der Waals surface area contributed by atoms with E-state index in [0.29, 0.717) is 56.0 Å². The monoisotopic (exact) mass is 1010 g/mol. The van der Waals surface area contributed by atoms with E-state index in [0.717, 1.165) is 24.8 Å². The van der Waals surface area contributed by atoms with Crippen LogP contribution in [-0.2, 0) is 52.2 Å². The van der Waals surface area contributed by atoms with Crippen molar-refractivity contribution in [1.29, 1.82) is 0 Å². The van der Waals surface area contributed by atoms with Crippen LogP contribution >= 0.6 is 19.6 Å². The van der Waals surface area contributed by atoms with Gasteiger partial charge in [-0.3, -0.25) is 19.2 Å². The summed E-state index contributed by atoms with van der Waals surface area (Å²) in [5.41, 5.74) is 1.87. The van der Waals surface area contributed by atoms with Crippen molar-refractivity contribution in [3.63, 3.8) is 0 Å². The molecule has 16 heteroatoms. The van der Waals surface area contributed by atoms with E-state index in [9.17, 15) is 38.8 Å². The number of fused-ring (bicyclic) bond motifs is 3. The molecular weight excluding hydrogens is 922 g/mol. The van der Waals surface area contributed by atoms with Gasteiger partial charge in [0, 0.05) is 69.2 Å². The Morgan fingerprint density at radius 2 is 1.62 bits per heavy atom. The van der Waals surface area contributed by atoms with Crippen LogP contribution in [0.2, 0.25) is 0 Å². The van der Waals surface area contributed by atoms with Crippen LogP contribution in [0, 0.1) is 35.5 Å². The number of nitrogens with zero attached hydrogens (tertiary/aromatic N) is 1. The molecule has 2 saturated heterocycles. The first kappa shape index (κ1) is 58.8. The lowest BCUT2D eigenvalue weighted by Crippen LogP contribution is -2.61. The Morgan fingerprint density at radius 1 is 0.899 bits per heavy atom. The van der Waals surface area contributed by atoms with Crippen LogP contribution in [0.1, 0.15) is 126 Å². The molecule has 0 aromatic carbocycles. The predicted octanol–water partition coefficient (Wildman–Crippen LogP) is 8.07. The van der Waals surface area contributed by atoms with Crippen LogP contribution in [0.15, 0.2) is 47.6 Å². The van der Waals surface area contributed by atoms with Gasteiger partial charge >= 0.3 is 5.97 Å². The van der Waals surface area contributed by atoms with Crippen molar-refractivity contribution in [3.8, 4) is 0 Å². The van der Waals surface area contributed by atoms with E-state index in [-0.39, 0.29) is 60.1 Å². The predicted molar refractivity (Wildman–Crippen MR) is 270 cm³/mol. The fourth-order valence-corrected chi connectivity index (χ4v) is 13.0. The highest BCUT2D eigenvalue weighted by Crippen LogP contribution is 2.41. The SMILES string of the molecule is CO[C@H]1C[C@@H]2CC[C@@H](C)[C@@](O)(O2)C(=O)C(=O)N2CCCCC2C(=O)O[C@H]([C@H](C)C[C@@H]2CCC(SC[PH](C)=O)[C@H](OC)C2)CC(=O)[C@H](C)/C=C(\C)[C@@H](O)[C@@H](OC)C(=O)[C@H](C)C[C@H](C)/C=C/C=C/C=C/1C. The summed E-state index contributed by atoms with van der Waals surface area (Å²) < 4.78 is 41.9. The number of piperidine rings is 1. The van der Waals surface area contributed by atoms with Gasteiger partial charge < -0.3 is 43.4 Å². The number of methoxy groups -OCH3 is 3. The van der Waals surface area contributed by atoms with E-state index in [2.05, 4.69) is 0 Å². The number of hydrogen-bond acceptors (Lipinski definition) is 14. The third kappa shape index (κ3) is 16.4. The van der Waals surface area contributed by atoms with Crippen LogP contribution in [0.4, 0.5) is 0 Å². The number of aliphatic hydroxyl groups excluding tert-OH is 1. The highest BCUT2D eigenvalue weighted by Gasteiger charge is 2.53. The molecule has 3 heterocycles. The number of hydrogen-bond donors (Lipinski definition) is 2. The van der Waals surface area contributed by atoms with Gasteiger partial charge in [0.05, 0.1) is 26.1 Å². The van der Waals surface area contributed by atoms with Crippen LogP contribution in [0.5, 0.6) is 0 Å². The van der Waals surface area contributed by atoms with Gasteiger partial charge in [-0.05, 0) is 114 Å².